The van der Waals surface area contributed by atoms with Crippen LogP contribution in [0.15, 0.2) is 6.58 Å². The third-order valence-corrected chi connectivity index (χ3v) is 4.06. The number of hydrogen-bond acceptors (Lipinski definition) is 5. The summed E-state index contributed by atoms with van der Waals surface area (Å²) in [6.45, 7) is 16.4. The molecule has 0 N–H and O–H groups in total. The highest BCUT2D eigenvalue weighted by Gasteiger charge is 2.30. The van der Waals surface area contributed by atoms with E-state index in [4.69, 9.17) is 9.47 Å². The fraction of sp³-hybridized carbons (Fsp3) is 0.650. The lowest BCUT2D eigenvalue weighted by Gasteiger charge is -2.26. The van der Waals surface area contributed by atoms with Crippen molar-refractivity contribution in [2.24, 2.45) is 0 Å². The van der Waals surface area contributed by atoms with Crippen molar-refractivity contribution in [3.8, 4) is 0 Å². The number of fused-ring (bicyclic) bond motifs is 1. The van der Waals surface area contributed by atoms with Gasteiger partial charge >= 0.3 is 12.2 Å². The number of amides is 2. The van der Waals surface area contributed by atoms with Crippen LogP contribution in [-0.2, 0) is 22.6 Å². The van der Waals surface area contributed by atoms with Gasteiger partial charge in [0.15, 0.2) is 5.82 Å². The van der Waals surface area contributed by atoms with E-state index >= 15 is 0 Å². The number of aromatic nitrogens is 2. The Morgan fingerprint density at radius 2 is 1.71 bits per heavy atom. The minimum Gasteiger partial charge on any atom is -0.444 e. The topological polar surface area (TPSA) is 76.9 Å². The zero-order chi connectivity index (χ0) is 21.3. The van der Waals surface area contributed by atoms with Gasteiger partial charge in [-0.25, -0.2) is 9.59 Å². The van der Waals surface area contributed by atoms with E-state index < -0.39 is 17.3 Å². The van der Waals surface area contributed by atoms with E-state index in [2.05, 4.69) is 11.7 Å². The second-order valence-corrected chi connectivity index (χ2v) is 8.91. The Morgan fingerprint density at radius 1 is 1.11 bits per heavy atom. The van der Waals surface area contributed by atoms with Gasteiger partial charge in [0.05, 0.1) is 12.2 Å². The quantitative estimate of drug-likeness (QED) is 0.759. The first kappa shape index (κ1) is 21.8. The van der Waals surface area contributed by atoms with Crippen molar-refractivity contribution >= 4 is 24.1 Å². The Balaban J connectivity index is 2.31. The summed E-state index contributed by atoms with van der Waals surface area (Å²) in [5, 5.41) is 4.59. The fourth-order valence-electron chi connectivity index (χ4n) is 2.88. The molecule has 0 atom stereocenters. The summed E-state index contributed by atoms with van der Waals surface area (Å²) in [7, 11) is 1.62. The zero-order valence-electron chi connectivity index (χ0n) is 18.0. The lowest BCUT2D eigenvalue weighted by atomic mass is 10.2. The van der Waals surface area contributed by atoms with Crippen LogP contribution in [0.25, 0.3) is 6.08 Å². The molecule has 0 saturated heterocycles. The number of carbonyl (C=O) groups excluding carboxylic acids is 2. The predicted octanol–water partition coefficient (Wildman–Crippen LogP) is 4.04. The van der Waals surface area contributed by atoms with Crippen LogP contribution in [0, 0.1) is 0 Å². The molecule has 0 bridgehead atoms. The molecule has 8 nitrogen and oxygen atoms in total. The van der Waals surface area contributed by atoms with Gasteiger partial charge in [0.25, 0.3) is 0 Å². The largest absolute Gasteiger partial charge is 0.444 e. The molecule has 28 heavy (non-hydrogen) atoms. The first-order valence-corrected chi connectivity index (χ1v) is 9.49. The van der Waals surface area contributed by atoms with Crippen molar-refractivity contribution < 1.29 is 19.1 Å². The number of aryl methyl sites for hydroxylation is 1. The molecule has 8 heteroatoms. The number of anilines is 1. The average molecular weight is 393 g/mol. The SMILES string of the molecule is C=Cc1c(N(C)C(=O)OC(C)(C)C)nn2c1CN(C(=O)OC(C)(C)C)CCC2. The van der Waals surface area contributed by atoms with Crippen LogP contribution in [0.2, 0.25) is 0 Å². The molecule has 0 fully saturated rings. The van der Waals surface area contributed by atoms with Crippen molar-refractivity contribution in [3.63, 3.8) is 0 Å². The van der Waals surface area contributed by atoms with E-state index in [0.717, 1.165) is 12.1 Å². The molecule has 156 valence electrons. The van der Waals surface area contributed by atoms with E-state index in [9.17, 15) is 9.59 Å². The molecule has 0 spiro atoms. The second kappa shape index (κ2) is 7.85. The lowest BCUT2D eigenvalue weighted by Crippen LogP contribution is -2.36. The molecule has 1 aliphatic heterocycles. The van der Waals surface area contributed by atoms with Gasteiger partial charge in [0.1, 0.15) is 11.2 Å². The van der Waals surface area contributed by atoms with Crippen LogP contribution in [-0.4, -0.2) is 51.7 Å². The summed E-state index contributed by atoms with van der Waals surface area (Å²) in [5.74, 6) is 0.463. The molecule has 0 aliphatic carbocycles. The van der Waals surface area contributed by atoms with Crippen molar-refractivity contribution in [1.29, 1.82) is 0 Å². The average Bonchev–Trinajstić information content (AvgIpc) is 2.73. The van der Waals surface area contributed by atoms with Crippen molar-refractivity contribution in [2.45, 2.75) is 72.3 Å². The third kappa shape index (κ3) is 5.27. The molecule has 1 aromatic rings. The van der Waals surface area contributed by atoms with E-state index in [1.54, 1.807) is 18.0 Å². The minimum absolute atomic E-state index is 0.339. The molecule has 0 saturated carbocycles. The smallest absolute Gasteiger partial charge is 0.415 e. The predicted molar refractivity (Wildman–Crippen MR) is 108 cm³/mol. The molecule has 2 rings (SSSR count). The molecule has 1 aliphatic rings. The number of rotatable bonds is 2. The number of ether oxygens (including phenoxy) is 2. The number of hydrogen-bond donors (Lipinski definition) is 0. The van der Waals surface area contributed by atoms with Crippen LogP contribution < -0.4 is 4.90 Å². The van der Waals surface area contributed by atoms with Crippen LogP contribution in [0.4, 0.5) is 15.4 Å². The van der Waals surface area contributed by atoms with E-state index in [1.807, 2.05) is 46.2 Å². The van der Waals surface area contributed by atoms with E-state index in [0.29, 0.717) is 31.0 Å². The summed E-state index contributed by atoms with van der Waals surface area (Å²) >= 11 is 0. The molecular formula is C20H32N4O4. The minimum atomic E-state index is -0.607. The maximum Gasteiger partial charge on any atom is 0.415 e. The van der Waals surface area contributed by atoms with E-state index in [-0.39, 0.29) is 6.09 Å². The third-order valence-electron chi connectivity index (χ3n) is 4.06. The van der Waals surface area contributed by atoms with Gasteiger partial charge in [0.2, 0.25) is 0 Å². The standard InChI is InChI=1S/C20H32N4O4/c1-9-14-15-13-23(18(26)28-20(5,6)7)11-10-12-24(15)21-16(14)22(8)17(25)27-19(2,3)4/h9H,1,10-13H2,2-8H3. The summed E-state index contributed by atoms with van der Waals surface area (Å²) in [5.41, 5.74) is 0.365. The van der Waals surface area contributed by atoms with Gasteiger partial charge in [-0.3, -0.25) is 9.58 Å². The maximum atomic E-state index is 12.5. The van der Waals surface area contributed by atoms with Gasteiger partial charge in [-0.15, -0.1) is 0 Å². The highest BCUT2D eigenvalue weighted by atomic mass is 16.6. The molecule has 0 unspecified atom stereocenters. The molecule has 1 aromatic heterocycles. The zero-order valence-corrected chi connectivity index (χ0v) is 18.0. The van der Waals surface area contributed by atoms with Crippen LogP contribution in [0.1, 0.15) is 59.2 Å². The lowest BCUT2D eigenvalue weighted by molar-refractivity contribution is 0.0236. The van der Waals surface area contributed by atoms with Gasteiger partial charge in [-0.05, 0) is 48.0 Å². The Kier molecular flexibility index (Phi) is 6.11. The first-order valence-electron chi connectivity index (χ1n) is 9.49. The van der Waals surface area contributed by atoms with Crippen LogP contribution >= 0.6 is 0 Å². The summed E-state index contributed by atoms with van der Waals surface area (Å²) in [6, 6.07) is 0. The molecule has 0 aromatic carbocycles. The Morgan fingerprint density at radius 3 is 2.25 bits per heavy atom. The Bertz CT molecular complexity index is 755. The van der Waals surface area contributed by atoms with Gasteiger partial charge in [-0.2, -0.15) is 5.10 Å². The second-order valence-electron chi connectivity index (χ2n) is 8.91. The highest BCUT2D eigenvalue weighted by Crippen LogP contribution is 2.28. The summed E-state index contributed by atoms with van der Waals surface area (Å²) < 4.78 is 12.8. The Labute approximate surface area is 167 Å². The van der Waals surface area contributed by atoms with Gasteiger partial charge in [0, 0.05) is 25.7 Å². The van der Waals surface area contributed by atoms with Crippen LogP contribution in [0.3, 0.4) is 0 Å². The monoisotopic (exact) mass is 392 g/mol. The Hall–Kier alpha value is -2.51. The van der Waals surface area contributed by atoms with E-state index in [1.165, 1.54) is 4.90 Å². The van der Waals surface area contributed by atoms with Crippen molar-refractivity contribution in [1.82, 2.24) is 14.7 Å². The number of nitrogens with zero attached hydrogens (tertiary/aromatic N) is 4. The van der Waals surface area contributed by atoms with Gasteiger partial charge < -0.3 is 14.4 Å². The molecular weight excluding hydrogens is 360 g/mol. The molecule has 2 amide bonds. The normalized spacial score (nSPS) is 14.8. The van der Waals surface area contributed by atoms with Crippen molar-refractivity contribution in [3.05, 3.63) is 17.8 Å². The molecule has 0 radical (unpaired) electrons. The number of carbonyl (C=O) groups is 2. The summed E-state index contributed by atoms with van der Waals surface area (Å²) in [6.07, 6.45) is 1.54. The first-order chi connectivity index (χ1) is 12.8. The highest BCUT2D eigenvalue weighted by molar-refractivity contribution is 5.89. The molecule has 2 heterocycles. The van der Waals surface area contributed by atoms with Crippen LogP contribution in [0.5, 0.6) is 0 Å². The summed E-state index contributed by atoms with van der Waals surface area (Å²) in [4.78, 5) is 28.1. The fourth-order valence-corrected chi connectivity index (χ4v) is 2.88. The van der Waals surface area contributed by atoms with Gasteiger partial charge in [-0.1, -0.05) is 12.7 Å². The maximum absolute atomic E-state index is 12.5. The van der Waals surface area contributed by atoms with Crippen molar-refractivity contribution in [2.75, 3.05) is 18.5 Å².